The molecule has 0 amide bonds. The number of para-hydroxylation sites is 1. The Morgan fingerprint density at radius 2 is 2.08 bits per heavy atom. The van der Waals surface area contributed by atoms with Gasteiger partial charge in [-0.1, -0.05) is 30.4 Å². The summed E-state index contributed by atoms with van der Waals surface area (Å²) in [4.78, 5) is 4.48. The molecule has 0 fully saturated rings. The molecule has 0 saturated heterocycles. The van der Waals surface area contributed by atoms with Crippen molar-refractivity contribution < 1.29 is 9.47 Å². The fourth-order valence-electron chi connectivity index (χ4n) is 2.24. The van der Waals surface area contributed by atoms with E-state index in [9.17, 15) is 0 Å². The highest BCUT2D eigenvalue weighted by Gasteiger charge is 2.08. The van der Waals surface area contributed by atoms with Gasteiger partial charge in [-0.2, -0.15) is 5.10 Å². The number of nitrogens with zero attached hydrogens (tertiary/aromatic N) is 2. The molecule has 5 nitrogen and oxygen atoms in total. The van der Waals surface area contributed by atoms with E-state index < -0.39 is 0 Å². The maximum Gasteiger partial charge on any atom is 0.204 e. The number of ether oxygens (including phenoxy) is 2. The molecule has 1 aromatic heterocycles. The smallest absolute Gasteiger partial charge is 0.204 e. The highest BCUT2D eigenvalue weighted by molar-refractivity contribution is 7.22. The van der Waals surface area contributed by atoms with Gasteiger partial charge in [-0.05, 0) is 49.2 Å². The second-order valence-electron chi connectivity index (χ2n) is 5.60. The summed E-state index contributed by atoms with van der Waals surface area (Å²) in [5, 5.41) is 5.03. The Kier molecular flexibility index (Phi) is 5.50. The molecular weight excluding hydrogens is 334 g/mol. The van der Waals surface area contributed by atoms with Gasteiger partial charge in [0.15, 0.2) is 11.5 Å². The van der Waals surface area contributed by atoms with Crippen LogP contribution >= 0.6 is 11.3 Å². The van der Waals surface area contributed by atoms with Crippen molar-refractivity contribution in [2.24, 2.45) is 5.10 Å². The highest BCUT2D eigenvalue weighted by atomic mass is 32.1. The Labute approximate surface area is 151 Å². The topological polar surface area (TPSA) is 55.7 Å². The number of benzene rings is 2. The highest BCUT2D eigenvalue weighted by Crippen LogP contribution is 2.29. The Bertz CT molecular complexity index is 843. The van der Waals surface area contributed by atoms with Gasteiger partial charge in [0.25, 0.3) is 0 Å². The molecule has 130 valence electrons. The standard InChI is InChI=1S/C19H21N3O2S/c1-4-13(2)24-16-10-9-14(11-17(16)23-3)12-20-22-19-21-15-7-5-6-8-18(15)25-19/h5-13H,4H2,1-3H3,(H,21,22)/t13-/m0/s1. The van der Waals surface area contributed by atoms with Crippen molar-refractivity contribution in [3.05, 3.63) is 48.0 Å². The van der Waals surface area contributed by atoms with Gasteiger partial charge >= 0.3 is 0 Å². The largest absolute Gasteiger partial charge is 0.493 e. The minimum absolute atomic E-state index is 0.147. The lowest BCUT2D eigenvalue weighted by molar-refractivity contribution is 0.207. The lowest BCUT2D eigenvalue weighted by atomic mass is 10.2. The number of hydrogen-bond acceptors (Lipinski definition) is 6. The zero-order valence-corrected chi connectivity index (χ0v) is 15.3. The van der Waals surface area contributed by atoms with Crippen LogP contribution in [-0.4, -0.2) is 24.4 Å². The number of rotatable bonds is 7. The molecule has 0 bridgehead atoms. The van der Waals surface area contributed by atoms with Crippen LogP contribution in [-0.2, 0) is 0 Å². The summed E-state index contributed by atoms with van der Waals surface area (Å²) in [6.45, 7) is 4.13. The Morgan fingerprint density at radius 1 is 1.24 bits per heavy atom. The molecule has 0 spiro atoms. The van der Waals surface area contributed by atoms with E-state index in [4.69, 9.17) is 9.47 Å². The molecule has 0 saturated carbocycles. The molecule has 3 rings (SSSR count). The van der Waals surface area contributed by atoms with Gasteiger partial charge in [-0.15, -0.1) is 0 Å². The van der Waals surface area contributed by atoms with Crippen molar-refractivity contribution >= 4 is 32.9 Å². The van der Waals surface area contributed by atoms with Crippen molar-refractivity contribution in [1.82, 2.24) is 4.98 Å². The quantitative estimate of drug-likeness (QED) is 0.482. The maximum atomic E-state index is 5.85. The molecule has 1 heterocycles. The summed E-state index contributed by atoms with van der Waals surface area (Å²) in [5.74, 6) is 1.44. The number of methoxy groups -OCH3 is 1. The predicted octanol–water partition coefficient (Wildman–Crippen LogP) is 4.93. The van der Waals surface area contributed by atoms with Gasteiger partial charge in [0.05, 0.1) is 29.6 Å². The fraction of sp³-hybridized carbons (Fsp3) is 0.263. The van der Waals surface area contributed by atoms with Crippen LogP contribution in [0.15, 0.2) is 47.6 Å². The van der Waals surface area contributed by atoms with E-state index in [0.29, 0.717) is 5.75 Å². The van der Waals surface area contributed by atoms with E-state index in [0.717, 1.165) is 33.1 Å². The molecule has 2 aromatic carbocycles. The minimum Gasteiger partial charge on any atom is -0.493 e. The van der Waals surface area contributed by atoms with Crippen LogP contribution in [0.3, 0.4) is 0 Å². The Morgan fingerprint density at radius 3 is 2.84 bits per heavy atom. The van der Waals surface area contributed by atoms with Gasteiger partial charge < -0.3 is 9.47 Å². The Balaban J connectivity index is 1.70. The van der Waals surface area contributed by atoms with E-state index in [2.05, 4.69) is 22.4 Å². The molecule has 1 atom stereocenters. The first kappa shape index (κ1) is 17.2. The molecule has 25 heavy (non-hydrogen) atoms. The number of nitrogens with one attached hydrogen (secondary N) is 1. The molecule has 0 aliphatic carbocycles. The average Bonchev–Trinajstić information content (AvgIpc) is 3.05. The van der Waals surface area contributed by atoms with E-state index in [1.807, 2.05) is 49.4 Å². The van der Waals surface area contributed by atoms with E-state index in [1.54, 1.807) is 24.7 Å². The van der Waals surface area contributed by atoms with Gasteiger partial charge in [0.1, 0.15) is 0 Å². The second-order valence-corrected chi connectivity index (χ2v) is 6.63. The summed E-state index contributed by atoms with van der Waals surface area (Å²) < 4.78 is 12.4. The number of hydrogen-bond donors (Lipinski definition) is 1. The number of thiazole rings is 1. The molecule has 0 aliphatic rings. The van der Waals surface area contributed by atoms with Crippen molar-refractivity contribution in [1.29, 1.82) is 0 Å². The number of aromatic nitrogens is 1. The third-order valence-corrected chi connectivity index (χ3v) is 4.70. The van der Waals surface area contributed by atoms with Crippen LogP contribution in [0, 0.1) is 0 Å². The first-order valence-electron chi connectivity index (χ1n) is 8.19. The van der Waals surface area contributed by atoms with Gasteiger partial charge in [-0.25, -0.2) is 4.98 Å². The summed E-state index contributed by atoms with van der Waals surface area (Å²) >= 11 is 1.57. The van der Waals surface area contributed by atoms with Crippen molar-refractivity contribution in [3.63, 3.8) is 0 Å². The first-order chi connectivity index (χ1) is 12.2. The van der Waals surface area contributed by atoms with Crippen molar-refractivity contribution in [2.75, 3.05) is 12.5 Å². The predicted molar refractivity (Wildman–Crippen MR) is 104 cm³/mol. The molecule has 3 aromatic rings. The maximum absolute atomic E-state index is 5.85. The van der Waals surface area contributed by atoms with Crippen LogP contribution < -0.4 is 14.9 Å². The Hall–Kier alpha value is -2.60. The van der Waals surface area contributed by atoms with Gasteiger partial charge in [-0.3, -0.25) is 5.43 Å². The van der Waals surface area contributed by atoms with E-state index >= 15 is 0 Å². The zero-order chi connectivity index (χ0) is 17.6. The third-order valence-electron chi connectivity index (χ3n) is 3.76. The number of hydrazone groups is 1. The lowest BCUT2D eigenvalue weighted by Gasteiger charge is -2.15. The van der Waals surface area contributed by atoms with E-state index in [1.165, 1.54) is 0 Å². The summed E-state index contributed by atoms with van der Waals surface area (Å²) in [5.41, 5.74) is 4.87. The van der Waals surface area contributed by atoms with E-state index in [-0.39, 0.29) is 6.10 Å². The second kappa shape index (κ2) is 7.98. The van der Waals surface area contributed by atoms with Gasteiger partial charge in [0.2, 0.25) is 5.13 Å². The van der Waals surface area contributed by atoms with Crippen LogP contribution in [0.2, 0.25) is 0 Å². The normalized spacial score (nSPS) is 12.4. The van der Waals surface area contributed by atoms with Crippen molar-refractivity contribution in [2.45, 2.75) is 26.4 Å². The molecular formula is C19H21N3O2S. The monoisotopic (exact) mass is 355 g/mol. The zero-order valence-electron chi connectivity index (χ0n) is 14.5. The summed E-state index contributed by atoms with van der Waals surface area (Å²) in [6, 6.07) is 13.8. The SMILES string of the molecule is CC[C@H](C)Oc1ccc(C=NNc2nc3ccccc3s2)cc1OC. The number of fused-ring (bicyclic) bond motifs is 1. The first-order valence-corrected chi connectivity index (χ1v) is 9.00. The van der Waals surface area contributed by atoms with Crippen LogP contribution in [0.1, 0.15) is 25.8 Å². The molecule has 1 N–H and O–H groups in total. The third kappa shape index (κ3) is 4.28. The average molecular weight is 355 g/mol. The van der Waals surface area contributed by atoms with Gasteiger partial charge in [0, 0.05) is 0 Å². The van der Waals surface area contributed by atoms with Crippen LogP contribution in [0.25, 0.3) is 10.2 Å². The summed E-state index contributed by atoms with van der Waals surface area (Å²) in [7, 11) is 1.64. The fourth-order valence-corrected chi connectivity index (χ4v) is 3.06. The van der Waals surface area contributed by atoms with Crippen LogP contribution in [0.4, 0.5) is 5.13 Å². The summed E-state index contributed by atoms with van der Waals surface area (Å²) in [6.07, 6.45) is 2.83. The molecule has 6 heteroatoms. The number of anilines is 1. The molecule has 0 radical (unpaired) electrons. The van der Waals surface area contributed by atoms with Crippen molar-refractivity contribution in [3.8, 4) is 11.5 Å². The molecule has 0 aliphatic heterocycles. The molecule has 0 unspecified atom stereocenters. The minimum atomic E-state index is 0.147. The van der Waals surface area contributed by atoms with Crippen LogP contribution in [0.5, 0.6) is 11.5 Å². The lowest BCUT2D eigenvalue weighted by Crippen LogP contribution is -2.10.